The lowest BCUT2D eigenvalue weighted by Crippen LogP contribution is -2.35. The maximum Gasteiger partial charge on any atom is 0.181 e. The van der Waals surface area contributed by atoms with Crippen LogP contribution in [0.5, 0.6) is 0 Å². The van der Waals surface area contributed by atoms with Gasteiger partial charge in [0.2, 0.25) is 0 Å². The Labute approximate surface area is 189 Å². The summed E-state index contributed by atoms with van der Waals surface area (Å²) in [6.45, 7) is 1.95. The molecule has 0 unspecified atom stereocenters. The minimum absolute atomic E-state index is 0.312. The van der Waals surface area contributed by atoms with Gasteiger partial charge in [-0.15, -0.1) is 11.3 Å². The van der Waals surface area contributed by atoms with Crippen molar-refractivity contribution in [3.05, 3.63) is 47.7 Å². The number of aryl methyl sites for hydroxylation is 2. The van der Waals surface area contributed by atoms with Gasteiger partial charge in [-0.25, -0.2) is 9.97 Å². The molecular formula is C24H24N6OS. The predicted octanol–water partition coefficient (Wildman–Crippen LogP) is 4.65. The molecule has 1 aliphatic rings. The molecule has 0 bridgehead atoms. The van der Waals surface area contributed by atoms with Gasteiger partial charge in [-0.3, -0.25) is 9.36 Å². The standard InChI is InChI=1S/C24H24N6OS/c1-24(31,16-5-4-6-16)21-11-18-17(20-7-8-26-30(20)3)10-19(27-23(18)32-21)14-9-15-13-29(2)28-22(15)25-12-14/h7-13,16,31H,4-6H2,1-3H3/t24-/m0/s1. The predicted molar refractivity (Wildman–Crippen MR) is 126 cm³/mol. The summed E-state index contributed by atoms with van der Waals surface area (Å²) >= 11 is 1.59. The molecule has 0 spiro atoms. The molecule has 5 aromatic rings. The number of thiophene rings is 1. The van der Waals surface area contributed by atoms with Crippen LogP contribution in [0.1, 0.15) is 31.1 Å². The molecule has 1 saturated carbocycles. The molecule has 0 aromatic carbocycles. The zero-order valence-electron chi connectivity index (χ0n) is 18.3. The number of aliphatic hydroxyl groups is 1. The lowest BCUT2D eigenvalue weighted by atomic mass is 9.73. The molecular weight excluding hydrogens is 420 g/mol. The van der Waals surface area contributed by atoms with Crippen molar-refractivity contribution in [3.8, 4) is 22.5 Å². The van der Waals surface area contributed by atoms with E-state index >= 15 is 0 Å². The molecule has 0 radical (unpaired) electrons. The van der Waals surface area contributed by atoms with E-state index in [1.54, 1.807) is 16.0 Å². The van der Waals surface area contributed by atoms with Gasteiger partial charge in [-0.05, 0) is 49.9 Å². The number of hydrogen-bond acceptors (Lipinski definition) is 6. The third-order valence-corrected chi connectivity index (χ3v) is 8.03. The van der Waals surface area contributed by atoms with Gasteiger partial charge in [0.1, 0.15) is 4.83 Å². The van der Waals surface area contributed by atoms with Crippen LogP contribution < -0.4 is 0 Å². The van der Waals surface area contributed by atoms with Crippen molar-refractivity contribution in [1.82, 2.24) is 29.5 Å². The topological polar surface area (TPSA) is 81.7 Å². The largest absolute Gasteiger partial charge is 0.384 e. The molecule has 32 heavy (non-hydrogen) atoms. The number of hydrogen-bond donors (Lipinski definition) is 1. The van der Waals surface area contributed by atoms with E-state index in [1.807, 2.05) is 50.4 Å². The number of nitrogens with zero attached hydrogens (tertiary/aromatic N) is 6. The Hall–Kier alpha value is -3.10. The highest BCUT2D eigenvalue weighted by Crippen LogP contribution is 2.47. The lowest BCUT2D eigenvalue weighted by molar-refractivity contribution is -0.0368. The molecule has 162 valence electrons. The Morgan fingerprint density at radius 3 is 2.75 bits per heavy atom. The number of fused-ring (bicyclic) bond motifs is 2. The highest BCUT2D eigenvalue weighted by Gasteiger charge is 2.39. The van der Waals surface area contributed by atoms with Crippen LogP contribution >= 0.6 is 11.3 Å². The number of aromatic nitrogens is 6. The van der Waals surface area contributed by atoms with Gasteiger partial charge in [-0.2, -0.15) is 10.2 Å². The minimum Gasteiger partial charge on any atom is -0.384 e. The van der Waals surface area contributed by atoms with Crippen LogP contribution in [0.15, 0.2) is 42.9 Å². The second-order valence-corrected chi connectivity index (χ2v) is 9.97. The van der Waals surface area contributed by atoms with Crippen LogP contribution in [0.3, 0.4) is 0 Å². The highest BCUT2D eigenvalue weighted by atomic mass is 32.1. The summed E-state index contributed by atoms with van der Waals surface area (Å²) in [6.07, 6.45) is 8.94. The highest BCUT2D eigenvalue weighted by molar-refractivity contribution is 7.18. The summed E-state index contributed by atoms with van der Waals surface area (Å²) in [5.41, 5.74) is 3.76. The van der Waals surface area contributed by atoms with Crippen LogP contribution in [-0.2, 0) is 19.7 Å². The molecule has 5 heterocycles. The summed E-state index contributed by atoms with van der Waals surface area (Å²) in [4.78, 5) is 11.4. The normalized spacial score (nSPS) is 16.5. The van der Waals surface area contributed by atoms with Crippen molar-refractivity contribution in [2.75, 3.05) is 0 Å². The van der Waals surface area contributed by atoms with Gasteiger partial charge in [0, 0.05) is 59.5 Å². The third kappa shape index (κ3) is 2.97. The SMILES string of the molecule is Cn1cc2cc(-c3cc(-c4ccnn4C)c4cc([C@@](C)(O)C5CCC5)sc4n3)cnc2n1. The van der Waals surface area contributed by atoms with E-state index in [1.165, 1.54) is 6.42 Å². The smallest absolute Gasteiger partial charge is 0.181 e. The first-order valence-electron chi connectivity index (χ1n) is 10.9. The molecule has 6 rings (SSSR count). The van der Waals surface area contributed by atoms with Crippen molar-refractivity contribution in [2.45, 2.75) is 31.8 Å². The van der Waals surface area contributed by atoms with Gasteiger partial charge in [0.15, 0.2) is 5.65 Å². The average molecular weight is 445 g/mol. The molecule has 7 nitrogen and oxygen atoms in total. The molecule has 1 fully saturated rings. The zero-order chi connectivity index (χ0) is 22.0. The van der Waals surface area contributed by atoms with Crippen LogP contribution in [0.4, 0.5) is 0 Å². The second kappa shape index (κ2) is 6.95. The Bertz CT molecular complexity index is 1470. The molecule has 8 heteroatoms. The molecule has 0 saturated heterocycles. The van der Waals surface area contributed by atoms with Crippen LogP contribution in [0.25, 0.3) is 43.8 Å². The quantitative estimate of drug-likeness (QED) is 0.436. The molecule has 5 aromatic heterocycles. The van der Waals surface area contributed by atoms with Gasteiger partial charge < -0.3 is 5.11 Å². The second-order valence-electron chi connectivity index (χ2n) is 8.94. The van der Waals surface area contributed by atoms with Crippen molar-refractivity contribution >= 4 is 32.6 Å². The van der Waals surface area contributed by atoms with Crippen molar-refractivity contribution in [2.24, 2.45) is 20.0 Å². The number of rotatable bonds is 4. The lowest BCUT2D eigenvalue weighted by Gasteiger charge is -2.38. The Kier molecular flexibility index (Phi) is 4.25. The van der Waals surface area contributed by atoms with Gasteiger partial charge in [0.05, 0.1) is 17.0 Å². The van der Waals surface area contributed by atoms with Crippen LogP contribution in [0, 0.1) is 5.92 Å². The van der Waals surface area contributed by atoms with E-state index in [0.717, 1.165) is 61.5 Å². The molecule has 0 amide bonds. The summed E-state index contributed by atoms with van der Waals surface area (Å²) in [5, 5.41) is 22.1. The summed E-state index contributed by atoms with van der Waals surface area (Å²) in [6, 6.07) is 8.32. The third-order valence-electron chi connectivity index (χ3n) is 6.77. The molecule has 1 aliphatic carbocycles. The Morgan fingerprint density at radius 2 is 2.03 bits per heavy atom. The first-order chi connectivity index (χ1) is 15.4. The summed E-state index contributed by atoms with van der Waals surface area (Å²) < 4.78 is 3.65. The monoisotopic (exact) mass is 444 g/mol. The molecule has 1 N–H and O–H groups in total. The van der Waals surface area contributed by atoms with E-state index in [0.29, 0.717) is 5.92 Å². The Balaban J connectivity index is 1.57. The van der Waals surface area contributed by atoms with Crippen molar-refractivity contribution in [3.63, 3.8) is 0 Å². The average Bonchev–Trinajstić information content (AvgIpc) is 3.41. The van der Waals surface area contributed by atoms with Gasteiger partial charge in [0.25, 0.3) is 0 Å². The van der Waals surface area contributed by atoms with E-state index in [-0.39, 0.29) is 0 Å². The fraction of sp³-hybridized carbons (Fsp3) is 0.333. The molecule has 1 atom stereocenters. The van der Waals surface area contributed by atoms with Crippen LogP contribution in [-0.4, -0.2) is 34.6 Å². The van der Waals surface area contributed by atoms with E-state index in [2.05, 4.69) is 33.4 Å². The summed E-state index contributed by atoms with van der Waals surface area (Å²) in [5.74, 6) is 0.312. The Morgan fingerprint density at radius 1 is 1.19 bits per heavy atom. The van der Waals surface area contributed by atoms with Gasteiger partial charge >= 0.3 is 0 Å². The van der Waals surface area contributed by atoms with Gasteiger partial charge in [-0.1, -0.05) is 6.42 Å². The zero-order valence-corrected chi connectivity index (χ0v) is 19.1. The summed E-state index contributed by atoms with van der Waals surface area (Å²) in [7, 11) is 3.84. The minimum atomic E-state index is -0.830. The molecule has 0 aliphatic heterocycles. The van der Waals surface area contributed by atoms with E-state index in [4.69, 9.17) is 4.98 Å². The number of pyridine rings is 2. The van der Waals surface area contributed by atoms with Crippen molar-refractivity contribution < 1.29 is 5.11 Å². The van der Waals surface area contributed by atoms with E-state index < -0.39 is 5.60 Å². The maximum absolute atomic E-state index is 11.3. The van der Waals surface area contributed by atoms with E-state index in [9.17, 15) is 5.11 Å². The maximum atomic E-state index is 11.3. The van der Waals surface area contributed by atoms with Crippen molar-refractivity contribution in [1.29, 1.82) is 0 Å². The fourth-order valence-electron chi connectivity index (χ4n) is 4.61. The fourth-order valence-corrected chi connectivity index (χ4v) is 5.79. The first-order valence-corrected chi connectivity index (χ1v) is 11.7. The first kappa shape index (κ1) is 19.6. The van der Waals surface area contributed by atoms with Crippen LogP contribution in [0.2, 0.25) is 0 Å².